The van der Waals surface area contributed by atoms with Crippen molar-refractivity contribution < 1.29 is 4.11 Å². The van der Waals surface area contributed by atoms with Crippen molar-refractivity contribution in [1.29, 1.82) is 0 Å². The van der Waals surface area contributed by atoms with Gasteiger partial charge in [-0.1, -0.05) is 61.5 Å². The Morgan fingerprint density at radius 2 is 1.57 bits per heavy atom. The van der Waals surface area contributed by atoms with E-state index in [1.165, 1.54) is 0 Å². The summed E-state index contributed by atoms with van der Waals surface area (Å²) in [4.78, 5) is 0. The van der Waals surface area contributed by atoms with Crippen molar-refractivity contribution in [3.05, 3.63) is 60.2 Å². The van der Waals surface area contributed by atoms with Gasteiger partial charge in [0.25, 0.3) is 0 Å². The van der Waals surface area contributed by atoms with Gasteiger partial charge in [0.2, 0.25) is 0 Å². The minimum atomic E-state index is -1.14. The van der Waals surface area contributed by atoms with E-state index < -0.39 is 13.3 Å². The van der Waals surface area contributed by atoms with E-state index in [1.807, 2.05) is 54.6 Å². The summed E-state index contributed by atoms with van der Waals surface area (Å²) in [6.07, 6.45) is -0.792. The third-order valence-electron chi connectivity index (χ3n) is 2.21. The number of aryl methyl sites for hydroxylation is 1. The van der Waals surface area contributed by atoms with Gasteiger partial charge in [-0.25, -0.2) is 0 Å². The number of hydrogen-bond donors (Lipinski definition) is 0. The third-order valence-corrected chi connectivity index (χ3v) is 2.21. The fraction of sp³-hybridized carbons (Fsp3) is 0.143. The van der Waals surface area contributed by atoms with Gasteiger partial charge in [-0.3, -0.25) is 0 Å². The van der Waals surface area contributed by atoms with Crippen molar-refractivity contribution in [2.45, 2.75) is 13.3 Å². The first-order valence-corrected chi connectivity index (χ1v) is 4.60. The molecule has 2 aromatic carbocycles. The Balaban J connectivity index is 2.25. The smallest absolute Gasteiger partial charge is 0.0313 e. The lowest BCUT2D eigenvalue weighted by atomic mass is 10.0. The first-order chi connectivity index (χ1) is 8.18. The lowest BCUT2D eigenvalue weighted by Crippen LogP contribution is -1.80. The Morgan fingerprint density at radius 3 is 2.21 bits per heavy atom. The number of hydrogen-bond acceptors (Lipinski definition) is 0. The summed E-state index contributed by atoms with van der Waals surface area (Å²) in [6.45, 7) is -1.14. The molecular formula is C14H14. The predicted octanol–water partition coefficient (Wildman–Crippen LogP) is 3.92. The molecule has 0 bridgehead atoms. The molecule has 0 aliphatic heterocycles. The average molecular weight is 185 g/mol. The molecule has 14 heavy (non-hydrogen) atoms. The normalized spacial score (nSPS) is 15.6. The molecule has 0 heteroatoms. The van der Waals surface area contributed by atoms with Gasteiger partial charge in [-0.2, -0.15) is 0 Å². The highest BCUT2D eigenvalue weighted by molar-refractivity contribution is 5.63. The maximum atomic E-state index is 7.67. The molecule has 1 atom stereocenters. The summed E-state index contributed by atoms with van der Waals surface area (Å²) in [7, 11) is 0. The van der Waals surface area contributed by atoms with Crippen LogP contribution in [0, 0.1) is 0 Å². The molecule has 0 spiro atoms. The maximum absolute atomic E-state index is 7.67. The van der Waals surface area contributed by atoms with Crippen molar-refractivity contribution in [3.63, 3.8) is 0 Å². The van der Waals surface area contributed by atoms with Gasteiger partial charge in [0, 0.05) is 4.11 Å². The standard InChI is InChI=1S/C14H14/c1-2-12-8-10-14(11-9-12)13-6-4-3-5-7-13/h3-11H,2H2,1H3/i1D2,2D. The first-order valence-electron chi connectivity index (χ1n) is 6.34. The average Bonchev–Trinajstić information content (AvgIpc) is 2.39. The maximum Gasteiger partial charge on any atom is 0.0313 e. The quantitative estimate of drug-likeness (QED) is 0.665. The Labute approximate surface area is 89.4 Å². The van der Waals surface area contributed by atoms with Crippen LogP contribution in [-0.4, -0.2) is 0 Å². The highest BCUT2D eigenvalue weighted by Crippen LogP contribution is 2.19. The second-order valence-electron chi connectivity index (χ2n) is 3.15. The summed E-state index contributed by atoms with van der Waals surface area (Å²) < 4.78 is 22.1. The lowest BCUT2D eigenvalue weighted by Gasteiger charge is -2.02. The first kappa shape index (κ1) is 6.02. The highest BCUT2D eigenvalue weighted by Gasteiger charge is 1.95. The minimum absolute atomic E-state index is 0.722. The number of benzene rings is 2. The molecule has 0 amide bonds. The van der Waals surface area contributed by atoms with Crippen LogP contribution in [0.25, 0.3) is 11.1 Å². The molecule has 70 valence electrons. The molecular weight excluding hydrogens is 168 g/mol. The molecule has 0 saturated heterocycles. The zero-order chi connectivity index (χ0) is 12.3. The van der Waals surface area contributed by atoms with Gasteiger partial charge in [0.1, 0.15) is 0 Å². The Hall–Kier alpha value is -1.56. The molecule has 0 aliphatic rings. The van der Waals surface area contributed by atoms with Gasteiger partial charge in [0.15, 0.2) is 0 Å². The van der Waals surface area contributed by atoms with Crippen LogP contribution in [-0.2, 0) is 6.40 Å². The van der Waals surface area contributed by atoms with E-state index in [4.69, 9.17) is 4.11 Å². The van der Waals surface area contributed by atoms with E-state index in [0.717, 1.165) is 16.7 Å². The summed E-state index contributed by atoms with van der Waals surface area (Å²) in [5.41, 5.74) is 2.95. The molecule has 0 aromatic heterocycles. The molecule has 2 aromatic rings. The predicted molar refractivity (Wildman–Crippen MR) is 61.3 cm³/mol. The molecule has 0 saturated carbocycles. The molecule has 0 radical (unpaired) electrons. The second kappa shape index (κ2) is 4.10. The largest absolute Gasteiger partial charge is 0.0622 e. The molecule has 0 nitrogen and oxygen atoms in total. The Kier molecular flexibility index (Phi) is 1.76. The van der Waals surface area contributed by atoms with Gasteiger partial charge in [0.05, 0.1) is 0 Å². The lowest BCUT2D eigenvalue weighted by molar-refractivity contribution is 1.14. The minimum Gasteiger partial charge on any atom is -0.0622 e. The van der Waals surface area contributed by atoms with Gasteiger partial charge >= 0.3 is 0 Å². The van der Waals surface area contributed by atoms with Gasteiger partial charge in [-0.15, -0.1) is 0 Å². The van der Waals surface area contributed by atoms with Crippen LogP contribution >= 0.6 is 0 Å². The fourth-order valence-corrected chi connectivity index (χ4v) is 1.42. The Bertz CT molecular complexity index is 463. The zero-order valence-electron chi connectivity index (χ0n) is 10.9. The Morgan fingerprint density at radius 1 is 0.929 bits per heavy atom. The van der Waals surface area contributed by atoms with Crippen LogP contribution in [0.4, 0.5) is 0 Å². The second-order valence-corrected chi connectivity index (χ2v) is 3.15. The van der Waals surface area contributed by atoms with E-state index in [9.17, 15) is 0 Å². The van der Waals surface area contributed by atoms with Gasteiger partial charge < -0.3 is 0 Å². The molecule has 1 unspecified atom stereocenters. The van der Waals surface area contributed by atoms with Crippen molar-refractivity contribution in [1.82, 2.24) is 0 Å². The van der Waals surface area contributed by atoms with Gasteiger partial charge in [-0.05, 0) is 23.1 Å². The summed E-state index contributed by atoms with van der Waals surface area (Å²) in [5, 5.41) is 0. The summed E-state index contributed by atoms with van der Waals surface area (Å²) in [5.74, 6) is 0. The van der Waals surface area contributed by atoms with Crippen LogP contribution in [0.5, 0.6) is 0 Å². The van der Waals surface area contributed by atoms with Crippen LogP contribution in [0.3, 0.4) is 0 Å². The van der Waals surface area contributed by atoms with Crippen molar-refractivity contribution >= 4 is 0 Å². The van der Waals surface area contributed by atoms with Crippen molar-refractivity contribution in [3.8, 4) is 11.1 Å². The van der Waals surface area contributed by atoms with Crippen molar-refractivity contribution in [2.75, 3.05) is 0 Å². The van der Waals surface area contributed by atoms with Crippen LogP contribution in [0.15, 0.2) is 54.6 Å². The SMILES string of the molecule is [2H]C([2H])C([2H])c1ccc(-c2ccccc2)cc1. The topological polar surface area (TPSA) is 0 Å². The molecule has 0 heterocycles. The number of rotatable bonds is 2. The molecule has 0 aliphatic carbocycles. The summed E-state index contributed by atoms with van der Waals surface area (Å²) >= 11 is 0. The fourth-order valence-electron chi connectivity index (χ4n) is 1.42. The van der Waals surface area contributed by atoms with E-state index in [-0.39, 0.29) is 0 Å². The zero-order valence-corrected chi connectivity index (χ0v) is 7.85. The van der Waals surface area contributed by atoms with E-state index in [1.54, 1.807) is 0 Å². The molecule has 0 N–H and O–H groups in total. The highest BCUT2D eigenvalue weighted by atomic mass is 14.0. The summed E-state index contributed by atoms with van der Waals surface area (Å²) in [6, 6.07) is 17.5. The van der Waals surface area contributed by atoms with Crippen LogP contribution in [0.1, 0.15) is 16.6 Å². The van der Waals surface area contributed by atoms with Crippen LogP contribution in [0.2, 0.25) is 0 Å². The molecule has 0 fully saturated rings. The monoisotopic (exact) mass is 185 g/mol. The van der Waals surface area contributed by atoms with Crippen LogP contribution < -0.4 is 0 Å². The third kappa shape index (κ3) is 1.85. The molecule has 2 rings (SSSR count). The van der Waals surface area contributed by atoms with Crippen molar-refractivity contribution in [2.24, 2.45) is 0 Å². The van der Waals surface area contributed by atoms with E-state index in [0.29, 0.717) is 0 Å². The van der Waals surface area contributed by atoms with E-state index in [2.05, 4.69) is 0 Å². The van der Waals surface area contributed by atoms with E-state index >= 15 is 0 Å².